The number of nitrogens with one attached hydrogen (secondary N) is 1. The Morgan fingerprint density at radius 3 is 2.00 bits per heavy atom. The number of rotatable bonds is 4. The van der Waals surface area contributed by atoms with Crippen molar-refractivity contribution in [1.29, 1.82) is 0 Å². The summed E-state index contributed by atoms with van der Waals surface area (Å²) >= 11 is 0. The highest BCUT2D eigenvalue weighted by atomic mass is 16.5. The average Bonchev–Trinajstić information content (AvgIpc) is 2.49. The van der Waals surface area contributed by atoms with E-state index < -0.39 is 0 Å². The van der Waals surface area contributed by atoms with E-state index in [-0.39, 0.29) is 11.9 Å². The van der Waals surface area contributed by atoms with Crippen molar-refractivity contribution < 1.29 is 19.1 Å². The van der Waals surface area contributed by atoms with Gasteiger partial charge in [0.25, 0.3) is 5.91 Å². The summed E-state index contributed by atoms with van der Waals surface area (Å²) in [5, 5.41) is 2.76. The zero-order chi connectivity index (χ0) is 15.2. The molecule has 2 aromatic rings. The van der Waals surface area contributed by atoms with Gasteiger partial charge in [0, 0.05) is 18.2 Å². The second-order valence-corrected chi connectivity index (χ2v) is 4.30. The van der Waals surface area contributed by atoms with Crippen LogP contribution in [0.15, 0.2) is 48.5 Å². The molecule has 1 N–H and O–H groups in total. The summed E-state index contributed by atoms with van der Waals surface area (Å²) in [6.45, 7) is 1.33. The van der Waals surface area contributed by atoms with Crippen LogP contribution in [-0.2, 0) is 4.79 Å². The molecule has 21 heavy (non-hydrogen) atoms. The molecule has 108 valence electrons. The van der Waals surface area contributed by atoms with Crippen LogP contribution in [-0.4, -0.2) is 19.0 Å². The highest BCUT2D eigenvalue weighted by Crippen LogP contribution is 2.17. The van der Waals surface area contributed by atoms with Crippen LogP contribution in [0.25, 0.3) is 0 Å². The molecule has 0 atom stereocenters. The van der Waals surface area contributed by atoms with Gasteiger partial charge < -0.3 is 14.8 Å². The summed E-state index contributed by atoms with van der Waals surface area (Å²) < 4.78 is 9.96. The van der Waals surface area contributed by atoms with Gasteiger partial charge in [0.1, 0.15) is 11.5 Å². The summed E-state index contributed by atoms with van der Waals surface area (Å²) in [6, 6.07) is 13.4. The fourth-order valence-corrected chi connectivity index (χ4v) is 1.72. The van der Waals surface area contributed by atoms with E-state index in [9.17, 15) is 9.59 Å². The molecule has 0 saturated heterocycles. The zero-order valence-corrected chi connectivity index (χ0v) is 11.8. The predicted octanol–water partition coefficient (Wildman–Crippen LogP) is 2.87. The molecule has 0 unspecified atom stereocenters. The van der Waals surface area contributed by atoms with Crippen molar-refractivity contribution in [1.82, 2.24) is 0 Å². The van der Waals surface area contributed by atoms with Crippen molar-refractivity contribution in [2.24, 2.45) is 0 Å². The van der Waals surface area contributed by atoms with Crippen LogP contribution in [0.3, 0.4) is 0 Å². The Labute approximate surface area is 122 Å². The lowest BCUT2D eigenvalue weighted by Gasteiger charge is -2.07. The number of ether oxygens (including phenoxy) is 2. The number of esters is 1. The van der Waals surface area contributed by atoms with E-state index in [0.717, 1.165) is 0 Å². The maximum absolute atomic E-state index is 12.0. The normalized spacial score (nSPS) is 9.81. The molecule has 5 nitrogen and oxygen atoms in total. The molecule has 2 rings (SSSR count). The molecule has 2 aromatic carbocycles. The van der Waals surface area contributed by atoms with Crippen LogP contribution in [0.4, 0.5) is 5.69 Å². The van der Waals surface area contributed by atoms with E-state index >= 15 is 0 Å². The first-order valence-electron chi connectivity index (χ1n) is 6.32. The summed E-state index contributed by atoms with van der Waals surface area (Å²) in [4.78, 5) is 22.9. The molecule has 0 saturated carbocycles. The third kappa shape index (κ3) is 4.07. The highest BCUT2D eigenvalue weighted by Gasteiger charge is 2.06. The fraction of sp³-hybridized carbons (Fsp3) is 0.125. The minimum atomic E-state index is -0.384. The Morgan fingerprint density at radius 1 is 0.905 bits per heavy atom. The maximum Gasteiger partial charge on any atom is 0.308 e. The summed E-state index contributed by atoms with van der Waals surface area (Å²) in [5.41, 5.74) is 1.14. The van der Waals surface area contributed by atoms with Crippen LogP contribution in [0.1, 0.15) is 17.3 Å². The highest BCUT2D eigenvalue weighted by molar-refractivity contribution is 6.04. The standard InChI is InChI=1S/C16H15NO4/c1-11(18)21-15-9-5-13(6-10-15)17-16(19)12-3-7-14(20-2)8-4-12/h3-10H,1-2H3,(H,17,19). The van der Waals surface area contributed by atoms with Crippen molar-refractivity contribution in [3.05, 3.63) is 54.1 Å². The van der Waals surface area contributed by atoms with Gasteiger partial charge >= 0.3 is 5.97 Å². The molecule has 0 fully saturated rings. The zero-order valence-electron chi connectivity index (χ0n) is 11.8. The van der Waals surface area contributed by atoms with E-state index in [0.29, 0.717) is 22.7 Å². The lowest BCUT2D eigenvalue weighted by molar-refractivity contribution is -0.131. The number of anilines is 1. The van der Waals surface area contributed by atoms with Crippen LogP contribution < -0.4 is 14.8 Å². The van der Waals surface area contributed by atoms with Gasteiger partial charge in [-0.2, -0.15) is 0 Å². The summed E-state index contributed by atoms with van der Waals surface area (Å²) in [7, 11) is 1.57. The first-order chi connectivity index (χ1) is 10.1. The second kappa shape index (κ2) is 6.56. The minimum Gasteiger partial charge on any atom is -0.497 e. The van der Waals surface area contributed by atoms with E-state index in [1.807, 2.05) is 0 Å². The number of hydrogen-bond acceptors (Lipinski definition) is 4. The molecule has 0 spiro atoms. The van der Waals surface area contributed by atoms with Gasteiger partial charge in [-0.3, -0.25) is 9.59 Å². The number of carbonyl (C=O) groups is 2. The predicted molar refractivity (Wildman–Crippen MR) is 78.7 cm³/mol. The Balaban J connectivity index is 2.03. The van der Waals surface area contributed by atoms with Gasteiger partial charge in [-0.15, -0.1) is 0 Å². The average molecular weight is 285 g/mol. The van der Waals surface area contributed by atoms with Crippen molar-refractivity contribution >= 4 is 17.6 Å². The van der Waals surface area contributed by atoms with Crippen molar-refractivity contribution in [3.63, 3.8) is 0 Å². The SMILES string of the molecule is COc1ccc(C(=O)Nc2ccc(OC(C)=O)cc2)cc1. The van der Waals surface area contributed by atoms with Crippen molar-refractivity contribution in [2.75, 3.05) is 12.4 Å². The first kappa shape index (κ1) is 14.6. The molecule has 0 radical (unpaired) electrons. The van der Waals surface area contributed by atoms with Crippen LogP contribution in [0.5, 0.6) is 11.5 Å². The molecular weight excluding hydrogens is 270 g/mol. The maximum atomic E-state index is 12.0. The van der Waals surface area contributed by atoms with Crippen molar-refractivity contribution in [3.8, 4) is 11.5 Å². The lowest BCUT2D eigenvalue weighted by Crippen LogP contribution is -2.11. The van der Waals surface area contributed by atoms with Crippen LogP contribution in [0.2, 0.25) is 0 Å². The van der Waals surface area contributed by atoms with Gasteiger partial charge in [0.15, 0.2) is 0 Å². The van der Waals surface area contributed by atoms with E-state index in [1.54, 1.807) is 55.6 Å². The molecule has 0 bridgehead atoms. The summed E-state index contributed by atoms with van der Waals surface area (Å²) in [5.74, 6) is 0.519. The number of carbonyl (C=O) groups excluding carboxylic acids is 2. The Kier molecular flexibility index (Phi) is 4.56. The minimum absolute atomic E-state index is 0.224. The molecule has 1 amide bonds. The largest absolute Gasteiger partial charge is 0.497 e. The molecule has 0 aliphatic carbocycles. The number of benzene rings is 2. The van der Waals surface area contributed by atoms with Gasteiger partial charge in [-0.05, 0) is 48.5 Å². The van der Waals surface area contributed by atoms with E-state index in [2.05, 4.69) is 5.32 Å². The Hall–Kier alpha value is -2.82. The lowest BCUT2D eigenvalue weighted by atomic mass is 10.2. The third-order valence-electron chi connectivity index (χ3n) is 2.73. The first-order valence-corrected chi connectivity index (χ1v) is 6.32. The van der Waals surface area contributed by atoms with Crippen LogP contribution in [0, 0.1) is 0 Å². The Morgan fingerprint density at radius 2 is 1.48 bits per heavy atom. The Bertz CT molecular complexity index is 632. The quantitative estimate of drug-likeness (QED) is 0.693. The molecule has 0 heterocycles. The molecule has 0 aromatic heterocycles. The van der Waals surface area contributed by atoms with Crippen LogP contribution >= 0.6 is 0 Å². The van der Waals surface area contributed by atoms with Gasteiger partial charge in [-0.25, -0.2) is 0 Å². The molecule has 5 heteroatoms. The van der Waals surface area contributed by atoms with Gasteiger partial charge in [0.2, 0.25) is 0 Å². The van der Waals surface area contributed by atoms with Gasteiger partial charge in [0.05, 0.1) is 7.11 Å². The smallest absolute Gasteiger partial charge is 0.308 e. The number of methoxy groups -OCH3 is 1. The van der Waals surface area contributed by atoms with E-state index in [1.165, 1.54) is 6.92 Å². The number of amides is 1. The van der Waals surface area contributed by atoms with Gasteiger partial charge in [-0.1, -0.05) is 0 Å². The monoisotopic (exact) mass is 285 g/mol. The third-order valence-corrected chi connectivity index (χ3v) is 2.73. The molecule has 0 aliphatic heterocycles. The topological polar surface area (TPSA) is 64.6 Å². The molecular formula is C16H15NO4. The van der Waals surface area contributed by atoms with Crippen molar-refractivity contribution in [2.45, 2.75) is 6.92 Å². The second-order valence-electron chi connectivity index (χ2n) is 4.30. The molecule has 0 aliphatic rings. The summed E-state index contributed by atoms with van der Waals surface area (Å²) in [6.07, 6.45) is 0. The number of hydrogen-bond donors (Lipinski definition) is 1. The fourth-order valence-electron chi connectivity index (χ4n) is 1.72. The van der Waals surface area contributed by atoms with E-state index in [4.69, 9.17) is 9.47 Å².